The van der Waals surface area contributed by atoms with E-state index in [0.717, 1.165) is 59.4 Å². The van der Waals surface area contributed by atoms with Crippen molar-refractivity contribution in [2.75, 3.05) is 6.54 Å². The van der Waals surface area contributed by atoms with Gasteiger partial charge >= 0.3 is 0 Å². The van der Waals surface area contributed by atoms with Crippen molar-refractivity contribution in [2.45, 2.75) is 74.1 Å². The molecule has 1 aromatic rings. The molecule has 3 nitrogen and oxygen atoms in total. The number of unbranched alkanes of at least 4 members (excludes halogenated alkanes) is 1. The molecule has 3 heteroatoms. The van der Waals surface area contributed by atoms with Gasteiger partial charge in [-0.15, -0.1) is 0 Å². The van der Waals surface area contributed by atoms with E-state index < -0.39 is 0 Å². The minimum atomic E-state index is 0.563. The first kappa shape index (κ1) is 31.4. The van der Waals surface area contributed by atoms with Crippen molar-refractivity contribution >= 4 is 11.4 Å². The van der Waals surface area contributed by atoms with E-state index in [4.69, 9.17) is 4.99 Å². The van der Waals surface area contributed by atoms with Crippen LogP contribution in [0.2, 0.25) is 0 Å². The number of nitrogens with zero attached hydrogens (tertiary/aromatic N) is 2. The number of aliphatic imine (C=N–C) groups is 1. The number of hydrogen-bond acceptors (Lipinski definition) is 2. The standard InChI is InChI=1S/C34H45N3/c1-8-13-18-27(6)21-22-29(11-4)26-37-34(36-23-14-9-2)33(28(7)17-10-3)24-30(12-5)32-20-16-15-19-31(32)25-35/h11-12,14-24H,8-10,13,26H2,1-7H3,(H,36,37)/b22-21-,23-14+,27-18+,28-17+,29-11+,30-12+,33-24+. The maximum Gasteiger partial charge on any atom is 0.132 e. The lowest BCUT2D eigenvalue weighted by molar-refractivity contribution is 0.952. The lowest BCUT2D eigenvalue weighted by Gasteiger charge is -2.15. The SMILES string of the molecule is C\C=C(/C=C\C(C)=C\CCC)CN=C(N/C=C/CC)C(=C/C(=C\C)c1ccccc1C#N)/C(C)=C/CC. The Bertz CT molecular complexity index is 1140. The van der Waals surface area contributed by atoms with Gasteiger partial charge < -0.3 is 5.32 Å². The average Bonchev–Trinajstić information content (AvgIpc) is 2.92. The molecule has 196 valence electrons. The molecule has 0 heterocycles. The Kier molecular flexibility index (Phi) is 15.8. The summed E-state index contributed by atoms with van der Waals surface area (Å²) in [5, 5.41) is 13.1. The monoisotopic (exact) mass is 495 g/mol. The topological polar surface area (TPSA) is 48.2 Å². The summed E-state index contributed by atoms with van der Waals surface area (Å²) in [6, 6.07) is 10.1. The van der Waals surface area contributed by atoms with Gasteiger partial charge in [0, 0.05) is 5.57 Å². The van der Waals surface area contributed by atoms with E-state index in [9.17, 15) is 5.26 Å². The van der Waals surface area contributed by atoms with Gasteiger partial charge in [0.1, 0.15) is 5.84 Å². The van der Waals surface area contributed by atoms with Crippen molar-refractivity contribution in [1.29, 1.82) is 5.26 Å². The Hall–Kier alpha value is -3.64. The molecule has 0 aliphatic heterocycles. The van der Waals surface area contributed by atoms with Crippen molar-refractivity contribution in [1.82, 2.24) is 5.32 Å². The van der Waals surface area contributed by atoms with Gasteiger partial charge in [0.15, 0.2) is 0 Å². The van der Waals surface area contributed by atoms with E-state index in [1.807, 2.05) is 37.4 Å². The summed E-state index contributed by atoms with van der Waals surface area (Å²) in [5.74, 6) is 0.812. The van der Waals surface area contributed by atoms with Gasteiger partial charge in [0.2, 0.25) is 0 Å². The molecule has 0 saturated carbocycles. The van der Waals surface area contributed by atoms with Gasteiger partial charge in [-0.1, -0.05) is 93.5 Å². The molecule has 1 N–H and O–H groups in total. The first-order valence-electron chi connectivity index (χ1n) is 13.5. The van der Waals surface area contributed by atoms with Crippen LogP contribution in [0.25, 0.3) is 5.57 Å². The van der Waals surface area contributed by atoms with Gasteiger partial charge in [-0.05, 0) is 87.6 Å². The van der Waals surface area contributed by atoms with E-state index >= 15 is 0 Å². The molecule has 37 heavy (non-hydrogen) atoms. The Morgan fingerprint density at radius 3 is 2.38 bits per heavy atom. The number of benzene rings is 1. The highest BCUT2D eigenvalue weighted by Gasteiger charge is 2.12. The quantitative estimate of drug-likeness (QED) is 0.168. The molecule has 0 aromatic heterocycles. The van der Waals surface area contributed by atoms with Crippen molar-refractivity contribution in [2.24, 2.45) is 4.99 Å². The summed E-state index contributed by atoms with van der Waals surface area (Å²) in [5.41, 5.74) is 7.15. The summed E-state index contributed by atoms with van der Waals surface area (Å²) in [4.78, 5) is 5.05. The van der Waals surface area contributed by atoms with Gasteiger partial charge in [-0.25, -0.2) is 0 Å². The second-order valence-electron chi connectivity index (χ2n) is 8.81. The van der Waals surface area contributed by atoms with Crippen LogP contribution in [0.15, 0.2) is 106 Å². The Morgan fingerprint density at radius 2 is 1.76 bits per heavy atom. The molecule has 0 atom stereocenters. The number of hydrogen-bond donors (Lipinski definition) is 1. The highest BCUT2D eigenvalue weighted by molar-refractivity contribution is 6.05. The Morgan fingerprint density at radius 1 is 1.00 bits per heavy atom. The highest BCUT2D eigenvalue weighted by atomic mass is 15.0. The predicted octanol–water partition coefficient (Wildman–Crippen LogP) is 9.40. The zero-order valence-electron chi connectivity index (χ0n) is 23.9. The molecule has 0 radical (unpaired) electrons. The van der Waals surface area contributed by atoms with Crippen LogP contribution in [0.4, 0.5) is 0 Å². The normalized spacial score (nSPS) is 14.5. The first-order chi connectivity index (χ1) is 17.9. The summed E-state index contributed by atoms with van der Waals surface area (Å²) in [6.07, 6.45) is 23.3. The zero-order valence-corrected chi connectivity index (χ0v) is 23.9. The minimum absolute atomic E-state index is 0.563. The molecule has 0 aliphatic rings. The van der Waals surface area contributed by atoms with Crippen LogP contribution in [0.5, 0.6) is 0 Å². The van der Waals surface area contributed by atoms with Crippen molar-refractivity contribution in [3.63, 3.8) is 0 Å². The largest absolute Gasteiger partial charge is 0.347 e. The van der Waals surface area contributed by atoms with Gasteiger partial charge in [0.25, 0.3) is 0 Å². The summed E-state index contributed by atoms with van der Waals surface area (Å²) in [7, 11) is 0. The van der Waals surface area contributed by atoms with Gasteiger partial charge in [-0.2, -0.15) is 5.26 Å². The molecule has 0 spiro atoms. The van der Waals surface area contributed by atoms with Crippen LogP contribution in [-0.4, -0.2) is 12.4 Å². The van der Waals surface area contributed by atoms with Crippen molar-refractivity contribution in [3.05, 3.63) is 112 Å². The fraction of sp³-hybridized carbons (Fsp3) is 0.353. The molecule has 0 saturated heterocycles. The smallest absolute Gasteiger partial charge is 0.132 e. The number of allylic oxidation sites excluding steroid dienone is 9. The number of nitrogens with one attached hydrogen (secondary N) is 1. The average molecular weight is 496 g/mol. The van der Waals surface area contributed by atoms with Crippen LogP contribution in [0.1, 0.15) is 85.3 Å². The summed E-state index contributed by atoms with van der Waals surface area (Å²) < 4.78 is 0. The number of rotatable bonds is 13. The molecule has 0 unspecified atom stereocenters. The third kappa shape index (κ3) is 11.3. The third-order valence-electron chi connectivity index (χ3n) is 5.84. The van der Waals surface area contributed by atoms with Crippen LogP contribution >= 0.6 is 0 Å². The Balaban J connectivity index is 3.58. The fourth-order valence-corrected chi connectivity index (χ4v) is 3.64. The third-order valence-corrected chi connectivity index (χ3v) is 5.84. The second kappa shape index (κ2) is 18.6. The predicted molar refractivity (Wildman–Crippen MR) is 163 cm³/mol. The maximum absolute atomic E-state index is 9.68. The van der Waals surface area contributed by atoms with Crippen molar-refractivity contribution in [3.8, 4) is 6.07 Å². The second-order valence-corrected chi connectivity index (χ2v) is 8.81. The molecule has 1 aromatic carbocycles. The Labute approximate surface area is 226 Å². The van der Waals surface area contributed by atoms with E-state index in [2.05, 4.69) is 102 Å². The molecule has 1 rings (SSSR count). The molecular formula is C34H45N3. The van der Waals surface area contributed by atoms with Crippen LogP contribution < -0.4 is 5.32 Å². The van der Waals surface area contributed by atoms with Crippen LogP contribution in [0.3, 0.4) is 0 Å². The van der Waals surface area contributed by atoms with Gasteiger partial charge in [0.05, 0.1) is 18.2 Å². The molecule has 0 aliphatic carbocycles. The summed E-state index contributed by atoms with van der Waals surface area (Å²) >= 11 is 0. The van der Waals surface area contributed by atoms with Crippen LogP contribution in [-0.2, 0) is 0 Å². The van der Waals surface area contributed by atoms with E-state index in [-0.39, 0.29) is 0 Å². The molecule has 0 fully saturated rings. The molecule has 0 amide bonds. The number of amidine groups is 1. The highest BCUT2D eigenvalue weighted by Crippen LogP contribution is 2.24. The van der Waals surface area contributed by atoms with E-state index in [1.165, 1.54) is 5.57 Å². The number of nitriles is 1. The minimum Gasteiger partial charge on any atom is -0.347 e. The summed E-state index contributed by atoms with van der Waals surface area (Å²) in [6.45, 7) is 15.3. The maximum atomic E-state index is 9.68. The molecular weight excluding hydrogens is 450 g/mol. The fourth-order valence-electron chi connectivity index (χ4n) is 3.64. The lowest BCUT2D eigenvalue weighted by atomic mass is 9.95. The lowest BCUT2D eigenvalue weighted by Crippen LogP contribution is -2.22. The van der Waals surface area contributed by atoms with Gasteiger partial charge in [-0.3, -0.25) is 4.99 Å². The van der Waals surface area contributed by atoms with Crippen molar-refractivity contribution < 1.29 is 0 Å². The zero-order chi connectivity index (χ0) is 27.5. The first-order valence-corrected chi connectivity index (χ1v) is 13.5. The van der Waals surface area contributed by atoms with Crippen LogP contribution in [0, 0.1) is 11.3 Å². The van der Waals surface area contributed by atoms with E-state index in [0.29, 0.717) is 12.1 Å². The molecule has 0 bridgehead atoms. The van der Waals surface area contributed by atoms with E-state index in [1.54, 1.807) is 0 Å².